The van der Waals surface area contributed by atoms with Crippen molar-refractivity contribution in [3.8, 4) is 11.8 Å². The monoisotopic (exact) mass is 229 g/mol. The lowest BCUT2D eigenvalue weighted by molar-refractivity contribution is 0.0931. The molecule has 0 heterocycles. The smallest absolute Gasteiger partial charge is 0.186 e. The summed E-state index contributed by atoms with van der Waals surface area (Å²) >= 11 is 0. The zero-order chi connectivity index (χ0) is 12.6. The molecule has 0 bridgehead atoms. The number of hydrogen-bond donors (Lipinski definition) is 0. The summed E-state index contributed by atoms with van der Waals surface area (Å²) in [6, 6.07) is 5.82. The molecule has 0 amide bonds. The first kappa shape index (κ1) is 11.7. The number of nitriles is 1. The van der Waals surface area contributed by atoms with Crippen molar-refractivity contribution >= 4 is 5.78 Å². The van der Waals surface area contributed by atoms with Crippen LogP contribution in [0.15, 0.2) is 12.1 Å². The Hall–Kier alpha value is -1.82. The fraction of sp³-hybridized carbons (Fsp3) is 0.429. The number of carbonyl (C=O) groups excluding carboxylic acids is 1. The van der Waals surface area contributed by atoms with Crippen LogP contribution in [0.25, 0.3) is 0 Å². The van der Waals surface area contributed by atoms with E-state index in [4.69, 9.17) is 10.00 Å². The number of aryl methyl sites for hydroxylation is 2. The fourth-order valence-electron chi connectivity index (χ4n) is 1.91. The van der Waals surface area contributed by atoms with Gasteiger partial charge < -0.3 is 4.74 Å². The standard InChI is InChI=1S/C14H15NO2/c1-9-6-11(12(17-3)7-10(9)2)13(16)14(8-15)4-5-14/h6-7H,4-5H2,1-3H3. The maximum Gasteiger partial charge on any atom is 0.186 e. The maximum atomic E-state index is 12.3. The number of ketones is 1. The summed E-state index contributed by atoms with van der Waals surface area (Å²) in [5, 5.41) is 9.06. The third kappa shape index (κ3) is 1.80. The fourth-order valence-corrected chi connectivity index (χ4v) is 1.91. The number of hydrogen-bond acceptors (Lipinski definition) is 3. The SMILES string of the molecule is COc1cc(C)c(C)cc1C(=O)C1(C#N)CC1. The molecule has 2 rings (SSSR count). The van der Waals surface area contributed by atoms with Gasteiger partial charge in [0.1, 0.15) is 11.2 Å². The summed E-state index contributed by atoms with van der Waals surface area (Å²) in [6.45, 7) is 3.93. The molecule has 1 saturated carbocycles. The lowest BCUT2D eigenvalue weighted by Crippen LogP contribution is -2.15. The summed E-state index contributed by atoms with van der Waals surface area (Å²) in [4.78, 5) is 12.3. The van der Waals surface area contributed by atoms with Crippen molar-refractivity contribution in [1.82, 2.24) is 0 Å². The van der Waals surface area contributed by atoms with Crippen molar-refractivity contribution in [1.29, 1.82) is 5.26 Å². The summed E-state index contributed by atoms with van der Waals surface area (Å²) < 4.78 is 5.24. The van der Waals surface area contributed by atoms with Gasteiger partial charge >= 0.3 is 0 Å². The lowest BCUT2D eigenvalue weighted by Gasteiger charge is -2.12. The van der Waals surface area contributed by atoms with Crippen molar-refractivity contribution in [2.75, 3.05) is 7.11 Å². The second kappa shape index (κ2) is 3.89. The van der Waals surface area contributed by atoms with Gasteiger partial charge in [0.15, 0.2) is 5.78 Å². The van der Waals surface area contributed by atoms with Gasteiger partial charge in [0.25, 0.3) is 0 Å². The van der Waals surface area contributed by atoms with Crippen LogP contribution in [-0.4, -0.2) is 12.9 Å². The van der Waals surface area contributed by atoms with Crippen molar-refractivity contribution in [2.24, 2.45) is 5.41 Å². The van der Waals surface area contributed by atoms with Crippen LogP contribution < -0.4 is 4.74 Å². The van der Waals surface area contributed by atoms with Gasteiger partial charge in [-0.05, 0) is 49.9 Å². The number of ether oxygens (including phenoxy) is 1. The Morgan fingerprint density at radius 3 is 2.41 bits per heavy atom. The predicted molar refractivity (Wildman–Crippen MR) is 64.1 cm³/mol. The van der Waals surface area contributed by atoms with E-state index in [2.05, 4.69) is 6.07 Å². The van der Waals surface area contributed by atoms with Crippen molar-refractivity contribution < 1.29 is 9.53 Å². The zero-order valence-electron chi connectivity index (χ0n) is 10.3. The second-order valence-corrected chi connectivity index (χ2v) is 4.66. The highest BCUT2D eigenvalue weighted by molar-refractivity contribution is 6.06. The van der Waals surface area contributed by atoms with Gasteiger partial charge in [-0.25, -0.2) is 0 Å². The Bertz CT molecular complexity index is 522. The van der Waals surface area contributed by atoms with E-state index in [0.29, 0.717) is 24.2 Å². The molecule has 0 spiro atoms. The van der Waals surface area contributed by atoms with Gasteiger partial charge in [-0.15, -0.1) is 0 Å². The van der Waals surface area contributed by atoms with E-state index in [0.717, 1.165) is 11.1 Å². The van der Waals surface area contributed by atoms with E-state index in [-0.39, 0.29) is 5.78 Å². The molecule has 0 N–H and O–H groups in total. The number of benzene rings is 1. The number of nitrogens with zero attached hydrogens (tertiary/aromatic N) is 1. The quantitative estimate of drug-likeness (QED) is 0.749. The Labute approximate surface area is 101 Å². The summed E-state index contributed by atoms with van der Waals surface area (Å²) in [7, 11) is 1.55. The average Bonchev–Trinajstić information content (AvgIpc) is 3.12. The Morgan fingerprint density at radius 2 is 1.94 bits per heavy atom. The summed E-state index contributed by atoms with van der Waals surface area (Å²) in [5.41, 5.74) is 1.88. The van der Waals surface area contributed by atoms with Crippen molar-refractivity contribution in [3.63, 3.8) is 0 Å². The van der Waals surface area contributed by atoms with Gasteiger partial charge in [0.2, 0.25) is 0 Å². The average molecular weight is 229 g/mol. The maximum absolute atomic E-state index is 12.3. The third-order valence-corrected chi connectivity index (χ3v) is 3.46. The number of rotatable bonds is 3. The van der Waals surface area contributed by atoms with E-state index in [9.17, 15) is 4.79 Å². The van der Waals surface area contributed by atoms with E-state index in [1.807, 2.05) is 26.0 Å². The van der Waals surface area contributed by atoms with Crippen LogP contribution in [0.5, 0.6) is 5.75 Å². The van der Waals surface area contributed by atoms with Crippen molar-refractivity contribution in [2.45, 2.75) is 26.7 Å². The van der Waals surface area contributed by atoms with Gasteiger partial charge in [0.05, 0.1) is 18.7 Å². The number of Topliss-reactive ketones (excluding diaryl/α,β-unsaturated/α-hetero) is 1. The minimum Gasteiger partial charge on any atom is -0.496 e. The minimum atomic E-state index is -0.783. The van der Waals surface area contributed by atoms with Crippen LogP contribution in [-0.2, 0) is 0 Å². The molecule has 3 nitrogen and oxygen atoms in total. The molecule has 1 aliphatic rings. The van der Waals surface area contributed by atoms with Gasteiger partial charge in [-0.1, -0.05) is 0 Å². The normalized spacial score (nSPS) is 16.1. The van der Waals surface area contributed by atoms with Gasteiger partial charge in [-0.2, -0.15) is 5.26 Å². The largest absolute Gasteiger partial charge is 0.496 e. The molecule has 0 unspecified atom stereocenters. The van der Waals surface area contributed by atoms with Gasteiger partial charge in [0, 0.05) is 0 Å². The number of methoxy groups -OCH3 is 1. The second-order valence-electron chi connectivity index (χ2n) is 4.66. The molecular weight excluding hydrogens is 214 g/mol. The Morgan fingerprint density at radius 1 is 1.35 bits per heavy atom. The van der Waals surface area contributed by atoms with E-state index in [1.54, 1.807) is 7.11 Å². The molecular formula is C14H15NO2. The van der Waals surface area contributed by atoms with Crippen molar-refractivity contribution in [3.05, 3.63) is 28.8 Å². The molecule has 1 aromatic rings. The molecule has 0 radical (unpaired) electrons. The topological polar surface area (TPSA) is 50.1 Å². The molecule has 0 aromatic heterocycles. The van der Waals surface area contributed by atoms with Crippen LogP contribution in [0.3, 0.4) is 0 Å². The zero-order valence-corrected chi connectivity index (χ0v) is 10.3. The highest BCUT2D eigenvalue weighted by Gasteiger charge is 2.51. The van der Waals surface area contributed by atoms with Crippen LogP contribution in [0, 0.1) is 30.6 Å². The van der Waals surface area contributed by atoms with Crippen LogP contribution >= 0.6 is 0 Å². The Kier molecular flexibility index (Phi) is 2.66. The first-order valence-corrected chi connectivity index (χ1v) is 5.65. The molecule has 0 saturated heterocycles. The predicted octanol–water partition coefficient (Wildman–Crippen LogP) is 2.80. The summed E-state index contributed by atoms with van der Waals surface area (Å²) in [6.07, 6.45) is 1.33. The molecule has 3 heteroatoms. The summed E-state index contributed by atoms with van der Waals surface area (Å²) in [5.74, 6) is 0.472. The van der Waals surface area contributed by atoms with Crippen LogP contribution in [0.2, 0.25) is 0 Å². The lowest BCUT2D eigenvalue weighted by atomic mass is 9.93. The van der Waals surface area contributed by atoms with E-state index >= 15 is 0 Å². The number of carbonyl (C=O) groups is 1. The molecule has 0 atom stereocenters. The molecule has 17 heavy (non-hydrogen) atoms. The molecule has 1 aliphatic carbocycles. The molecule has 1 aromatic carbocycles. The van der Waals surface area contributed by atoms with Crippen LogP contribution in [0.4, 0.5) is 0 Å². The molecule has 88 valence electrons. The van der Waals surface area contributed by atoms with E-state index in [1.165, 1.54) is 0 Å². The first-order valence-electron chi connectivity index (χ1n) is 5.65. The highest BCUT2D eigenvalue weighted by Crippen LogP contribution is 2.48. The molecule has 0 aliphatic heterocycles. The van der Waals surface area contributed by atoms with Crippen LogP contribution in [0.1, 0.15) is 34.3 Å². The minimum absolute atomic E-state index is 0.0973. The van der Waals surface area contributed by atoms with Gasteiger partial charge in [-0.3, -0.25) is 4.79 Å². The highest BCUT2D eigenvalue weighted by atomic mass is 16.5. The Balaban J connectivity index is 2.49. The third-order valence-electron chi connectivity index (χ3n) is 3.46. The van der Waals surface area contributed by atoms with E-state index < -0.39 is 5.41 Å². The molecule has 1 fully saturated rings. The first-order chi connectivity index (χ1) is 8.04.